The lowest BCUT2D eigenvalue weighted by atomic mass is 10.0. The number of ether oxygens (including phenoxy) is 2. The zero-order valence-electron chi connectivity index (χ0n) is 16.5. The molecule has 3 aromatic rings. The van der Waals surface area contributed by atoms with Gasteiger partial charge in [-0.2, -0.15) is 5.26 Å². The molecular formula is C24H17BrCl2FNO2. The van der Waals surface area contributed by atoms with Gasteiger partial charge < -0.3 is 9.47 Å². The molecule has 3 rings (SSSR count). The molecule has 0 saturated heterocycles. The molecule has 31 heavy (non-hydrogen) atoms. The van der Waals surface area contributed by atoms with Crippen LogP contribution in [0.4, 0.5) is 4.39 Å². The zero-order valence-corrected chi connectivity index (χ0v) is 19.6. The van der Waals surface area contributed by atoms with Crippen LogP contribution in [0.3, 0.4) is 0 Å². The first-order valence-corrected chi connectivity index (χ1v) is 10.9. The van der Waals surface area contributed by atoms with Crippen molar-refractivity contribution >= 4 is 50.8 Å². The highest BCUT2D eigenvalue weighted by Gasteiger charge is 2.13. The number of halogens is 4. The highest BCUT2D eigenvalue weighted by atomic mass is 79.9. The van der Waals surface area contributed by atoms with Gasteiger partial charge in [-0.15, -0.1) is 0 Å². The molecule has 7 heteroatoms. The van der Waals surface area contributed by atoms with Crippen LogP contribution in [0.5, 0.6) is 11.5 Å². The quantitative estimate of drug-likeness (QED) is 0.234. The van der Waals surface area contributed by atoms with Crippen molar-refractivity contribution in [2.45, 2.75) is 13.5 Å². The van der Waals surface area contributed by atoms with Crippen molar-refractivity contribution in [3.05, 3.63) is 91.6 Å². The standard InChI is InChI=1S/C24H17BrCl2FNO2/c1-2-30-23-11-16(10-17(13-29)18-5-3-4-6-22(18)28)19(25)12-24(23)31-14-15-7-8-20(26)21(27)9-15/h3-12H,2,14H2,1H3/b17-10-. The Morgan fingerprint density at radius 1 is 1.06 bits per heavy atom. The predicted molar refractivity (Wildman–Crippen MR) is 126 cm³/mol. The molecule has 0 aliphatic carbocycles. The number of allylic oxidation sites excluding steroid dienone is 1. The summed E-state index contributed by atoms with van der Waals surface area (Å²) in [5, 5.41) is 10.5. The Labute approximate surface area is 198 Å². The molecular weight excluding hydrogens is 504 g/mol. The topological polar surface area (TPSA) is 42.2 Å². The van der Waals surface area contributed by atoms with Gasteiger partial charge in [0.15, 0.2) is 11.5 Å². The van der Waals surface area contributed by atoms with Gasteiger partial charge in [-0.3, -0.25) is 0 Å². The molecule has 0 aromatic heterocycles. The summed E-state index contributed by atoms with van der Waals surface area (Å²) < 4.78 is 26.5. The smallest absolute Gasteiger partial charge is 0.162 e. The van der Waals surface area contributed by atoms with Gasteiger partial charge in [0.05, 0.1) is 28.3 Å². The molecule has 0 fully saturated rings. The lowest BCUT2D eigenvalue weighted by molar-refractivity contribution is 0.269. The monoisotopic (exact) mass is 519 g/mol. The van der Waals surface area contributed by atoms with Crippen molar-refractivity contribution in [1.82, 2.24) is 0 Å². The van der Waals surface area contributed by atoms with Crippen molar-refractivity contribution < 1.29 is 13.9 Å². The molecule has 3 nitrogen and oxygen atoms in total. The summed E-state index contributed by atoms with van der Waals surface area (Å²) in [6.45, 7) is 2.55. The van der Waals surface area contributed by atoms with Gasteiger partial charge in [-0.05, 0) is 54.5 Å². The van der Waals surface area contributed by atoms with Gasteiger partial charge >= 0.3 is 0 Å². The molecule has 3 aromatic carbocycles. The van der Waals surface area contributed by atoms with Crippen LogP contribution in [-0.2, 0) is 6.61 Å². The molecule has 0 bridgehead atoms. The van der Waals surface area contributed by atoms with E-state index in [-0.39, 0.29) is 17.7 Å². The fourth-order valence-electron chi connectivity index (χ4n) is 2.84. The van der Waals surface area contributed by atoms with Crippen molar-refractivity contribution in [1.29, 1.82) is 5.26 Å². The maximum Gasteiger partial charge on any atom is 0.162 e. The maximum atomic E-state index is 14.1. The number of benzene rings is 3. The molecule has 0 spiro atoms. The van der Waals surface area contributed by atoms with Crippen molar-refractivity contribution in [3.8, 4) is 17.6 Å². The molecule has 0 saturated carbocycles. The van der Waals surface area contributed by atoms with Gasteiger partial charge in [0.2, 0.25) is 0 Å². The van der Waals surface area contributed by atoms with Crippen LogP contribution < -0.4 is 9.47 Å². The Morgan fingerprint density at radius 3 is 2.48 bits per heavy atom. The largest absolute Gasteiger partial charge is 0.490 e. The average Bonchev–Trinajstić information content (AvgIpc) is 2.76. The Kier molecular flexibility index (Phi) is 7.97. The summed E-state index contributed by atoms with van der Waals surface area (Å²) in [6.07, 6.45) is 1.60. The minimum absolute atomic E-state index is 0.200. The van der Waals surface area contributed by atoms with Crippen LogP contribution in [0.25, 0.3) is 11.6 Å². The summed E-state index contributed by atoms with van der Waals surface area (Å²) >= 11 is 15.5. The van der Waals surface area contributed by atoms with Crippen molar-refractivity contribution in [3.63, 3.8) is 0 Å². The normalized spacial score (nSPS) is 11.2. The van der Waals surface area contributed by atoms with E-state index in [1.165, 1.54) is 6.07 Å². The summed E-state index contributed by atoms with van der Waals surface area (Å²) in [4.78, 5) is 0. The number of nitriles is 1. The van der Waals surface area contributed by atoms with Crippen LogP contribution >= 0.6 is 39.1 Å². The van der Waals surface area contributed by atoms with E-state index in [1.807, 2.05) is 13.0 Å². The van der Waals surface area contributed by atoms with E-state index in [9.17, 15) is 9.65 Å². The highest BCUT2D eigenvalue weighted by molar-refractivity contribution is 9.10. The lowest BCUT2D eigenvalue weighted by Gasteiger charge is -2.14. The molecule has 0 N–H and O–H groups in total. The van der Waals surface area contributed by atoms with E-state index in [0.29, 0.717) is 38.2 Å². The second-order valence-corrected chi connectivity index (χ2v) is 8.11. The molecule has 0 amide bonds. The van der Waals surface area contributed by atoms with E-state index in [1.54, 1.807) is 48.5 Å². The van der Waals surface area contributed by atoms with Crippen LogP contribution in [-0.4, -0.2) is 6.61 Å². The number of hydrogen-bond acceptors (Lipinski definition) is 3. The fraction of sp³-hybridized carbons (Fsp3) is 0.125. The van der Waals surface area contributed by atoms with Crippen LogP contribution in [0.1, 0.15) is 23.6 Å². The second kappa shape index (κ2) is 10.7. The molecule has 0 heterocycles. The third kappa shape index (κ3) is 5.80. The molecule has 0 aliphatic heterocycles. The van der Waals surface area contributed by atoms with Crippen molar-refractivity contribution in [2.24, 2.45) is 0 Å². The number of hydrogen-bond donors (Lipinski definition) is 0. The van der Waals surface area contributed by atoms with Gasteiger partial charge in [0.25, 0.3) is 0 Å². The minimum Gasteiger partial charge on any atom is -0.490 e. The highest BCUT2D eigenvalue weighted by Crippen LogP contribution is 2.36. The van der Waals surface area contributed by atoms with Gasteiger partial charge in [0, 0.05) is 10.0 Å². The lowest BCUT2D eigenvalue weighted by Crippen LogP contribution is -2.00. The second-order valence-electron chi connectivity index (χ2n) is 6.44. The molecule has 158 valence electrons. The first kappa shape index (κ1) is 23.1. The first-order chi connectivity index (χ1) is 14.9. The first-order valence-electron chi connectivity index (χ1n) is 9.32. The Bertz CT molecular complexity index is 1170. The maximum absolute atomic E-state index is 14.1. The van der Waals surface area contributed by atoms with Crippen LogP contribution in [0, 0.1) is 17.1 Å². The molecule has 0 unspecified atom stereocenters. The van der Waals surface area contributed by atoms with E-state index in [4.69, 9.17) is 32.7 Å². The summed E-state index contributed by atoms with van der Waals surface area (Å²) in [5.74, 6) is 0.558. The third-order valence-corrected chi connectivity index (χ3v) is 5.75. The average molecular weight is 521 g/mol. The van der Waals surface area contributed by atoms with E-state index in [0.717, 1.165) is 5.56 Å². The molecule has 0 radical (unpaired) electrons. The molecule has 0 aliphatic rings. The summed E-state index contributed by atoms with van der Waals surface area (Å²) in [7, 11) is 0. The van der Waals surface area contributed by atoms with E-state index in [2.05, 4.69) is 22.0 Å². The number of rotatable bonds is 7. The van der Waals surface area contributed by atoms with Crippen LogP contribution in [0.2, 0.25) is 10.0 Å². The van der Waals surface area contributed by atoms with Gasteiger partial charge in [0.1, 0.15) is 12.4 Å². The van der Waals surface area contributed by atoms with Crippen LogP contribution in [0.15, 0.2) is 59.1 Å². The van der Waals surface area contributed by atoms with E-state index < -0.39 is 5.82 Å². The molecule has 0 atom stereocenters. The van der Waals surface area contributed by atoms with Gasteiger partial charge in [-0.1, -0.05) is 63.4 Å². The Balaban J connectivity index is 1.93. The Hall–Kier alpha value is -2.52. The zero-order chi connectivity index (χ0) is 22.4. The Morgan fingerprint density at radius 2 is 1.81 bits per heavy atom. The van der Waals surface area contributed by atoms with Crippen molar-refractivity contribution in [2.75, 3.05) is 6.61 Å². The van der Waals surface area contributed by atoms with Gasteiger partial charge in [-0.25, -0.2) is 4.39 Å². The SMILES string of the molecule is CCOc1cc(/C=C(/C#N)c2ccccc2F)c(Br)cc1OCc1ccc(Cl)c(Cl)c1. The number of nitrogens with zero attached hydrogens (tertiary/aromatic N) is 1. The predicted octanol–water partition coefficient (Wildman–Crippen LogP) is 7.94. The summed E-state index contributed by atoms with van der Waals surface area (Å²) in [5.41, 5.74) is 1.94. The minimum atomic E-state index is -0.460. The fourth-order valence-corrected chi connectivity index (χ4v) is 3.60. The third-order valence-electron chi connectivity index (χ3n) is 4.33. The van der Waals surface area contributed by atoms with E-state index >= 15 is 0 Å². The summed E-state index contributed by atoms with van der Waals surface area (Å²) in [6, 6.07) is 17.0.